The van der Waals surface area contributed by atoms with Gasteiger partial charge in [0.25, 0.3) is 5.91 Å². The number of rotatable bonds is 7. The maximum absolute atomic E-state index is 13.0. The van der Waals surface area contributed by atoms with Gasteiger partial charge in [0.2, 0.25) is 0 Å². The second kappa shape index (κ2) is 8.76. The van der Waals surface area contributed by atoms with E-state index in [4.69, 9.17) is 25.8 Å². The Morgan fingerprint density at radius 1 is 1.12 bits per heavy atom. The second-order valence-electron chi connectivity index (χ2n) is 5.75. The summed E-state index contributed by atoms with van der Waals surface area (Å²) in [7, 11) is 4.81. The maximum atomic E-state index is 13.0. The zero-order valence-corrected chi connectivity index (χ0v) is 15.9. The van der Waals surface area contributed by atoms with E-state index in [2.05, 4.69) is 0 Å². The van der Waals surface area contributed by atoms with Crippen LogP contribution in [0.15, 0.2) is 30.3 Å². The molecule has 140 valence electrons. The van der Waals surface area contributed by atoms with Gasteiger partial charge < -0.3 is 19.1 Å². The summed E-state index contributed by atoms with van der Waals surface area (Å²) in [5.74, 6) is 0.798. The predicted molar refractivity (Wildman–Crippen MR) is 97.7 cm³/mol. The minimum absolute atomic E-state index is 0.121. The first-order valence-corrected chi connectivity index (χ1v) is 8.26. The molecule has 2 aromatic rings. The third-order valence-corrected chi connectivity index (χ3v) is 4.22. The van der Waals surface area contributed by atoms with Crippen molar-refractivity contribution in [3.63, 3.8) is 0 Å². The van der Waals surface area contributed by atoms with Gasteiger partial charge in [0.1, 0.15) is 11.6 Å². The Balaban J connectivity index is 2.02. The molecule has 0 aliphatic rings. The number of carbonyl (C=O) groups excluding carboxylic acids is 1. The van der Waals surface area contributed by atoms with E-state index < -0.39 is 5.82 Å². The Bertz CT molecular complexity index is 797. The van der Waals surface area contributed by atoms with Crippen LogP contribution in [0.2, 0.25) is 5.02 Å². The number of nitrogens with zero attached hydrogens (tertiary/aromatic N) is 1. The summed E-state index contributed by atoms with van der Waals surface area (Å²) >= 11 is 5.89. The van der Waals surface area contributed by atoms with Crippen LogP contribution >= 0.6 is 11.6 Å². The highest BCUT2D eigenvalue weighted by molar-refractivity contribution is 6.32. The topological polar surface area (TPSA) is 48.0 Å². The fourth-order valence-corrected chi connectivity index (χ4v) is 2.60. The van der Waals surface area contributed by atoms with Crippen LogP contribution in [0.1, 0.15) is 11.1 Å². The van der Waals surface area contributed by atoms with Crippen molar-refractivity contribution >= 4 is 17.5 Å². The van der Waals surface area contributed by atoms with Gasteiger partial charge in [-0.2, -0.15) is 0 Å². The minimum Gasteiger partial charge on any atom is -0.493 e. The molecule has 0 N–H and O–H groups in total. The Kier molecular flexibility index (Phi) is 6.69. The highest BCUT2D eigenvalue weighted by Gasteiger charge is 2.15. The third-order valence-electron chi connectivity index (χ3n) is 3.92. The first kappa shape index (κ1) is 19.8. The first-order valence-electron chi connectivity index (χ1n) is 7.89. The van der Waals surface area contributed by atoms with Gasteiger partial charge in [-0.3, -0.25) is 4.79 Å². The molecule has 0 unspecified atom stereocenters. The fourth-order valence-electron chi connectivity index (χ4n) is 2.38. The molecule has 0 saturated carbocycles. The van der Waals surface area contributed by atoms with E-state index in [1.807, 2.05) is 19.1 Å². The summed E-state index contributed by atoms with van der Waals surface area (Å²) in [6.07, 6.45) is 0. The lowest BCUT2D eigenvalue weighted by atomic mass is 10.1. The molecule has 0 radical (unpaired) electrons. The van der Waals surface area contributed by atoms with Crippen molar-refractivity contribution in [3.8, 4) is 17.2 Å². The molecular weight excluding hydrogens is 361 g/mol. The molecule has 0 fully saturated rings. The summed E-state index contributed by atoms with van der Waals surface area (Å²) in [5, 5.41) is 0.121. The van der Waals surface area contributed by atoms with Gasteiger partial charge in [-0.15, -0.1) is 0 Å². The molecule has 2 aromatic carbocycles. The van der Waals surface area contributed by atoms with Gasteiger partial charge >= 0.3 is 0 Å². The Hall–Kier alpha value is -2.47. The van der Waals surface area contributed by atoms with Crippen molar-refractivity contribution in [1.82, 2.24) is 4.90 Å². The molecule has 0 aromatic heterocycles. The van der Waals surface area contributed by atoms with Crippen molar-refractivity contribution in [2.45, 2.75) is 13.5 Å². The lowest BCUT2D eigenvalue weighted by Gasteiger charge is -2.20. The SMILES string of the molecule is COc1cc(C)c(CN(C)C(=O)COc2ccc(F)cc2Cl)cc1OC. The smallest absolute Gasteiger partial charge is 0.260 e. The van der Waals surface area contributed by atoms with E-state index in [0.29, 0.717) is 18.0 Å². The highest BCUT2D eigenvalue weighted by atomic mass is 35.5. The van der Waals surface area contributed by atoms with Gasteiger partial charge in [-0.05, 0) is 48.4 Å². The van der Waals surface area contributed by atoms with Gasteiger partial charge in [-0.1, -0.05) is 11.6 Å². The number of benzene rings is 2. The van der Waals surface area contributed by atoms with Crippen LogP contribution in [-0.4, -0.2) is 38.7 Å². The second-order valence-corrected chi connectivity index (χ2v) is 6.15. The summed E-state index contributed by atoms with van der Waals surface area (Å²) in [6, 6.07) is 7.46. The molecule has 26 heavy (non-hydrogen) atoms. The van der Waals surface area contributed by atoms with Crippen LogP contribution in [0.3, 0.4) is 0 Å². The van der Waals surface area contributed by atoms with Crippen molar-refractivity contribution < 1.29 is 23.4 Å². The average Bonchev–Trinajstić information content (AvgIpc) is 2.61. The molecule has 0 aliphatic carbocycles. The zero-order valence-electron chi connectivity index (χ0n) is 15.1. The number of hydrogen-bond donors (Lipinski definition) is 0. The van der Waals surface area contributed by atoms with Crippen LogP contribution in [0, 0.1) is 12.7 Å². The average molecular weight is 382 g/mol. The largest absolute Gasteiger partial charge is 0.493 e. The molecule has 0 aliphatic heterocycles. The quantitative estimate of drug-likeness (QED) is 0.731. The van der Waals surface area contributed by atoms with E-state index in [-0.39, 0.29) is 23.3 Å². The normalized spacial score (nSPS) is 10.4. The van der Waals surface area contributed by atoms with E-state index in [9.17, 15) is 9.18 Å². The molecule has 0 saturated heterocycles. The Labute approximate surface area is 157 Å². The van der Waals surface area contributed by atoms with E-state index in [1.165, 1.54) is 17.0 Å². The van der Waals surface area contributed by atoms with Crippen molar-refractivity contribution in [3.05, 3.63) is 52.3 Å². The molecule has 0 heterocycles. The minimum atomic E-state index is -0.463. The third kappa shape index (κ3) is 4.79. The van der Waals surface area contributed by atoms with E-state index in [1.54, 1.807) is 21.3 Å². The molecule has 1 amide bonds. The molecule has 0 bridgehead atoms. The lowest BCUT2D eigenvalue weighted by molar-refractivity contribution is -0.132. The number of aryl methyl sites for hydroxylation is 1. The number of carbonyl (C=O) groups is 1. The van der Waals surface area contributed by atoms with Crippen LogP contribution in [0.5, 0.6) is 17.2 Å². The van der Waals surface area contributed by atoms with Gasteiger partial charge in [0.15, 0.2) is 18.1 Å². The summed E-state index contributed by atoms with van der Waals surface area (Å²) in [4.78, 5) is 13.8. The van der Waals surface area contributed by atoms with Crippen LogP contribution in [-0.2, 0) is 11.3 Å². The molecule has 7 heteroatoms. The molecule has 0 spiro atoms. The Morgan fingerprint density at radius 2 is 1.77 bits per heavy atom. The fraction of sp³-hybridized carbons (Fsp3) is 0.316. The predicted octanol–water partition coefficient (Wildman–Crippen LogP) is 3.84. The Morgan fingerprint density at radius 3 is 2.38 bits per heavy atom. The van der Waals surface area contributed by atoms with Gasteiger partial charge in [0, 0.05) is 13.6 Å². The number of hydrogen-bond acceptors (Lipinski definition) is 4. The summed E-state index contributed by atoms with van der Waals surface area (Å²) < 4.78 is 29.0. The van der Waals surface area contributed by atoms with Gasteiger partial charge in [-0.25, -0.2) is 4.39 Å². The van der Waals surface area contributed by atoms with E-state index in [0.717, 1.165) is 17.2 Å². The maximum Gasteiger partial charge on any atom is 0.260 e. The number of halogens is 2. The molecule has 5 nitrogen and oxygen atoms in total. The highest BCUT2D eigenvalue weighted by Crippen LogP contribution is 2.30. The van der Waals surface area contributed by atoms with Crippen LogP contribution < -0.4 is 14.2 Å². The van der Waals surface area contributed by atoms with Crippen molar-refractivity contribution in [2.75, 3.05) is 27.9 Å². The monoisotopic (exact) mass is 381 g/mol. The zero-order chi connectivity index (χ0) is 19.3. The van der Waals surface area contributed by atoms with Crippen molar-refractivity contribution in [1.29, 1.82) is 0 Å². The molecule has 2 rings (SSSR count). The first-order chi connectivity index (χ1) is 12.3. The summed E-state index contributed by atoms with van der Waals surface area (Å²) in [6.45, 7) is 2.12. The summed E-state index contributed by atoms with van der Waals surface area (Å²) in [5.41, 5.74) is 1.91. The number of methoxy groups -OCH3 is 2. The van der Waals surface area contributed by atoms with Gasteiger partial charge in [0.05, 0.1) is 19.2 Å². The van der Waals surface area contributed by atoms with Crippen LogP contribution in [0.4, 0.5) is 4.39 Å². The molecular formula is C19H21ClFNO4. The van der Waals surface area contributed by atoms with Crippen LogP contribution in [0.25, 0.3) is 0 Å². The number of likely N-dealkylation sites (N-methyl/N-ethyl adjacent to an activating group) is 1. The number of ether oxygens (including phenoxy) is 3. The van der Waals surface area contributed by atoms with E-state index >= 15 is 0 Å². The standard InChI is InChI=1S/C19H21ClFNO4/c1-12-7-17(24-3)18(25-4)8-13(12)10-22(2)19(23)11-26-16-6-5-14(21)9-15(16)20/h5-9H,10-11H2,1-4H3. The van der Waals surface area contributed by atoms with Crippen molar-refractivity contribution in [2.24, 2.45) is 0 Å². The number of amides is 1. The lowest BCUT2D eigenvalue weighted by Crippen LogP contribution is -2.31. The molecule has 0 atom stereocenters.